The SMILES string of the molecule is COc1cccc(C(O)(C(=O)N(C)CCCC2(C)CCN(c3ccc(C(=O)N(C)C)c(Cl)c3)CC2)C(F)(F)F)c1. The van der Waals surface area contributed by atoms with Gasteiger partial charge in [0.25, 0.3) is 17.4 Å². The molecule has 2 aromatic rings. The maximum atomic E-state index is 14.0. The smallest absolute Gasteiger partial charge is 0.430 e. The number of amides is 2. The summed E-state index contributed by atoms with van der Waals surface area (Å²) in [6.07, 6.45) is -2.34. The third-order valence-corrected chi connectivity index (χ3v) is 8.07. The summed E-state index contributed by atoms with van der Waals surface area (Å²) in [4.78, 5) is 29.9. The number of hydrogen-bond donors (Lipinski definition) is 1. The van der Waals surface area contributed by atoms with Gasteiger partial charge in [-0.15, -0.1) is 0 Å². The Morgan fingerprint density at radius 1 is 1.10 bits per heavy atom. The molecular weight excluding hydrogens is 547 g/mol. The normalized spacial score (nSPS) is 16.7. The molecule has 7 nitrogen and oxygen atoms in total. The fourth-order valence-electron chi connectivity index (χ4n) is 5.05. The zero-order valence-electron chi connectivity index (χ0n) is 23.5. The van der Waals surface area contributed by atoms with E-state index in [9.17, 15) is 27.9 Å². The van der Waals surface area contributed by atoms with Crippen LogP contribution in [0.25, 0.3) is 0 Å². The summed E-state index contributed by atoms with van der Waals surface area (Å²) in [5.74, 6) is -1.49. The van der Waals surface area contributed by atoms with E-state index >= 15 is 0 Å². The topological polar surface area (TPSA) is 73.3 Å². The van der Waals surface area contributed by atoms with Gasteiger partial charge in [0, 0.05) is 52.0 Å². The van der Waals surface area contributed by atoms with Crippen molar-refractivity contribution in [3.63, 3.8) is 0 Å². The van der Waals surface area contributed by atoms with Crippen LogP contribution in [0.1, 0.15) is 48.5 Å². The summed E-state index contributed by atoms with van der Waals surface area (Å²) < 4.78 is 47.1. The molecule has 2 aromatic carbocycles. The Bertz CT molecular complexity index is 1220. The average molecular weight is 584 g/mol. The van der Waals surface area contributed by atoms with Crippen LogP contribution in [0.2, 0.25) is 5.02 Å². The maximum Gasteiger partial charge on any atom is 0.430 e. The molecule has 0 radical (unpaired) electrons. The molecule has 2 amide bonds. The standard InChI is InChI=1S/C29H37ClF3N3O4/c1-27(13-16-36(17-14-27)21-10-11-23(24(30)19-21)25(37)34(2)3)12-7-15-35(4)26(38)28(39,29(31,32)33)20-8-6-9-22(18-20)40-5/h6,8-11,18-19,39H,7,12-17H2,1-5H3. The van der Waals surface area contributed by atoms with Crippen LogP contribution in [0.5, 0.6) is 5.75 Å². The number of alkyl halides is 3. The number of anilines is 1. The van der Waals surface area contributed by atoms with Crippen LogP contribution >= 0.6 is 11.6 Å². The first-order valence-corrected chi connectivity index (χ1v) is 13.5. The van der Waals surface area contributed by atoms with E-state index in [0.717, 1.165) is 48.7 Å². The fraction of sp³-hybridized carbons (Fsp3) is 0.517. The first kappa shape index (κ1) is 31.5. The second-order valence-electron chi connectivity index (χ2n) is 10.9. The molecule has 3 rings (SSSR count). The zero-order valence-corrected chi connectivity index (χ0v) is 24.3. The summed E-state index contributed by atoms with van der Waals surface area (Å²) in [5.41, 5.74) is -2.95. The zero-order chi connectivity index (χ0) is 29.9. The van der Waals surface area contributed by atoms with Gasteiger partial charge in [-0.1, -0.05) is 30.7 Å². The minimum atomic E-state index is -5.22. The van der Waals surface area contributed by atoms with Crippen LogP contribution in [-0.2, 0) is 10.4 Å². The number of halogens is 4. The number of carbonyl (C=O) groups excluding carboxylic acids is 2. The second kappa shape index (κ2) is 12.3. The number of carbonyl (C=O) groups is 2. The molecule has 0 bridgehead atoms. The van der Waals surface area contributed by atoms with Crippen LogP contribution < -0.4 is 9.64 Å². The van der Waals surface area contributed by atoms with Crippen molar-refractivity contribution in [3.05, 3.63) is 58.6 Å². The third-order valence-electron chi connectivity index (χ3n) is 7.75. The molecule has 1 N–H and O–H groups in total. The minimum Gasteiger partial charge on any atom is -0.497 e. The van der Waals surface area contributed by atoms with E-state index in [4.69, 9.17) is 16.3 Å². The largest absolute Gasteiger partial charge is 0.497 e. The molecule has 1 atom stereocenters. The van der Waals surface area contributed by atoms with Crippen molar-refractivity contribution < 1.29 is 32.6 Å². The van der Waals surface area contributed by atoms with Crippen molar-refractivity contribution in [3.8, 4) is 5.75 Å². The number of aliphatic hydroxyl groups is 1. The average Bonchev–Trinajstić information content (AvgIpc) is 2.91. The summed E-state index contributed by atoms with van der Waals surface area (Å²) in [6.45, 7) is 3.72. The van der Waals surface area contributed by atoms with Crippen LogP contribution in [0, 0.1) is 5.41 Å². The minimum absolute atomic E-state index is 0.0574. The number of piperidine rings is 1. The van der Waals surface area contributed by atoms with Crippen molar-refractivity contribution in [1.82, 2.24) is 9.80 Å². The Kier molecular flexibility index (Phi) is 9.67. The van der Waals surface area contributed by atoms with Gasteiger partial charge >= 0.3 is 6.18 Å². The molecule has 1 saturated heterocycles. The number of methoxy groups -OCH3 is 1. The van der Waals surface area contributed by atoms with E-state index in [-0.39, 0.29) is 23.6 Å². The fourth-order valence-corrected chi connectivity index (χ4v) is 5.30. The van der Waals surface area contributed by atoms with Gasteiger partial charge < -0.3 is 24.5 Å². The number of hydrogen-bond acceptors (Lipinski definition) is 5. The molecule has 40 heavy (non-hydrogen) atoms. The highest BCUT2D eigenvalue weighted by atomic mass is 35.5. The van der Waals surface area contributed by atoms with Crippen LogP contribution in [0.4, 0.5) is 18.9 Å². The van der Waals surface area contributed by atoms with Crippen molar-refractivity contribution >= 4 is 29.1 Å². The highest BCUT2D eigenvalue weighted by Crippen LogP contribution is 2.42. The predicted octanol–water partition coefficient (Wildman–Crippen LogP) is 5.35. The summed E-state index contributed by atoms with van der Waals surface area (Å²) in [6, 6.07) is 10.2. The monoisotopic (exact) mass is 583 g/mol. The Hall–Kier alpha value is -2.98. The van der Waals surface area contributed by atoms with Crippen molar-refractivity contribution in [2.75, 3.05) is 52.8 Å². The van der Waals surface area contributed by atoms with E-state index in [2.05, 4.69) is 11.8 Å². The highest BCUT2D eigenvalue weighted by Gasteiger charge is 2.61. The van der Waals surface area contributed by atoms with Gasteiger partial charge in [-0.25, -0.2) is 0 Å². The molecule has 1 heterocycles. The summed E-state index contributed by atoms with van der Waals surface area (Å²) in [7, 11) is 5.91. The number of likely N-dealkylation sites (N-methyl/N-ethyl adjacent to an activating group) is 1. The van der Waals surface area contributed by atoms with Crippen LogP contribution in [-0.4, -0.2) is 80.8 Å². The lowest BCUT2D eigenvalue weighted by atomic mass is 9.76. The van der Waals surface area contributed by atoms with Gasteiger partial charge in [0.1, 0.15) is 5.75 Å². The van der Waals surface area contributed by atoms with Crippen LogP contribution in [0.15, 0.2) is 42.5 Å². The molecular formula is C29H37ClF3N3O4. The number of ether oxygens (including phenoxy) is 1. The molecule has 1 aliphatic rings. The number of benzene rings is 2. The molecule has 220 valence electrons. The molecule has 1 fully saturated rings. The Morgan fingerprint density at radius 3 is 2.30 bits per heavy atom. The van der Waals surface area contributed by atoms with Crippen molar-refractivity contribution in [1.29, 1.82) is 0 Å². The quantitative estimate of drug-likeness (QED) is 0.431. The van der Waals surface area contributed by atoms with Crippen molar-refractivity contribution in [2.45, 2.75) is 44.4 Å². The molecule has 0 spiro atoms. The molecule has 0 saturated carbocycles. The lowest BCUT2D eigenvalue weighted by Crippen LogP contribution is -2.55. The van der Waals surface area contributed by atoms with Gasteiger partial charge in [-0.3, -0.25) is 9.59 Å². The lowest BCUT2D eigenvalue weighted by molar-refractivity contribution is -0.261. The van der Waals surface area contributed by atoms with Gasteiger partial charge in [0.15, 0.2) is 0 Å². The predicted molar refractivity (Wildman–Crippen MR) is 149 cm³/mol. The second-order valence-corrected chi connectivity index (χ2v) is 11.3. The first-order valence-electron chi connectivity index (χ1n) is 13.1. The lowest BCUT2D eigenvalue weighted by Gasteiger charge is -2.41. The Labute approximate surface area is 238 Å². The van der Waals surface area contributed by atoms with E-state index in [0.29, 0.717) is 23.4 Å². The maximum absolute atomic E-state index is 14.0. The third kappa shape index (κ3) is 6.66. The molecule has 1 unspecified atom stereocenters. The van der Waals surface area contributed by atoms with E-state index in [1.165, 1.54) is 31.2 Å². The number of nitrogens with zero attached hydrogens (tertiary/aromatic N) is 3. The Balaban J connectivity index is 1.60. The summed E-state index contributed by atoms with van der Waals surface area (Å²) in [5, 5.41) is 11.1. The molecule has 11 heteroatoms. The van der Waals surface area contributed by atoms with Gasteiger partial charge in [-0.05, 0) is 61.4 Å². The van der Waals surface area contributed by atoms with Gasteiger partial charge in [-0.2, -0.15) is 13.2 Å². The van der Waals surface area contributed by atoms with E-state index < -0.39 is 23.2 Å². The summed E-state index contributed by atoms with van der Waals surface area (Å²) >= 11 is 6.38. The molecule has 0 aromatic heterocycles. The number of rotatable bonds is 9. The van der Waals surface area contributed by atoms with Crippen molar-refractivity contribution in [2.24, 2.45) is 5.41 Å². The van der Waals surface area contributed by atoms with E-state index in [1.54, 1.807) is 26.2 Å². The van der Waals surface area contributed by atoms with Gasteiger partial charge in [0.2, 0.25) is 0 Å². The highest BCUT2D eigenvalue weighted by molar-refractivity contribution is 6.34. The van der Waals surface area contributed by atoms with Crippen LogP contribution in [0.3, 0.4) is 0 Å². The molecule has 1 aliphatic heterocycles. The Morgan fingerprint density at radius 2 is 1.75 bits per heavy atom. The van der Waals surface area contributed by atoms with E-state index in [1.807, 2.05) is 6.07 Å². The van der Waals surface area contributed by atoms with Gasteiger partial charge in [0.05, 0.1) is 17.7 Å². The first-order chi connectivity index (χ1) is 18.6. The molecule has 0 aliphatic carbocycles.